The van der Waals surface area contributed by atoms with Crippen LogP contribution in [-0.2, 0) is 35.2 Å². The molecule has 29 heavy (non-hydrogen) atoms. The molecule has 0 spiro atoms. The van der Waals surface area contributed by atoms with Crippen LogP contribution in [0.15, 0.2) is 30.3 Å². The van der Waals surface area contributed by atoms with Crippen LogP contribution >= 0.6 is 0 Å². The number of nitrogens with one attached hydrogen (secondary N) is 2. The van der Waals surface area contributed by atoms with Crippen LogP contribution in [0.4, 0.5) is 4.79 Å². The standard InChI is InChI=1S/C20H28N2O7/c1-20(2,3)29-17(24)11-10-15(18(25)27-4)22-16(23)12-21-19(26)28-13-14-8-6-5-7-9-14/h5-9,15H,10-13H2,1-4H3,(H,21,26)(H,22,23)/t15-/m0/s1. The lowest BCUT2D eigenvalue weighted by Crippen LogP contribution is -2.46. The molecule has 9 heteroatoms. The van der Waals surface area contributed by atoms with E-state index in [1.54, 1.807) is 32.9 Å². The molecule has 1 atom stereocenters. The summed E-state index contributed by atoms with van der Waals surface area (Å²) in [5.74, 6) is -1.82. The van der Waals surface area contributed by atoms with Gasteiger partial charge >= 0.3 is 18.0 Å². The summed E-state index contributed by atoms with van der Waals surface area (Å²) in [7, 11) is 1.17. The van der Waals surface area contributed by atoms with Crippen LogP contribution in [0.2, 0.25) is 0 Å². The predicted octanol–water partition coefficient (Wildman–Crippen LogP) is 1.69. The van der Waals surface area contributed by atoms with Gasteiger partial charge in [-0.1, -0.05) is 30.3 Å². The Morgan fingerprint density at radius 3 is 2.31 bits per heavy atom. The minimum absolute atomic E-state index is 0.00573. The summed E-state index contributed by atoms with van der Waals surface area (Å²) >= 11 is 0. The molecule has 1 aromatic carbocycles. The second-order valence-corrected chi connectivity index (χ2v) is 7.18. The zero-order chi connectivity index (χ0) is 21.9. The molecule has 0 heterocycles. The quantitative estimate of drug-likeness (QED) is 0.471. The third-order valence-electron chi connectivity index (χ3n) is 3.48. The summed E-state index contributed by atoms with van der Waals surface area (Å²) in [5, 5.41) is 4.72. The number of benzene rings is 1. The Morgan fingerprint density at radius 1 is 1.07 bits per heavy atom. The fourth-order valence-electron chi connectivity index (χ4n) is 2.22. The zero-order valence-electron chi connectivity index (χ0n) is 17.2. The molecule has 0 saturated carbocycles. The van der Waals surface area contributed by atoms with E-state index < -0.39 is 42.1 Å². The first-order chi connectivity index (χ1) is 13.6. The van der Waals surface area contributed by atoms with E-state index in [2.05, 4.69) is 15.4 Å². The Morgan fingerprint density at radius 2 is 1.72 bits per heavy atom. The van der Waals surface area contributed by atoms with Gasteiger partial charge in [0.05, 0.1) is 7.11 Å². The summed E-state index contributed by atoms with van der Waals surface area (Å²) in [5.41, 5.74) is 0.158. The summed E-state index contributed by atoms with van der Waals surface area (Å²) in [6, 6.07) is 8.02. The highest BCUT2D eigenvalue weighted by molar-refractivity contribution is 5.87. The van der Waals surface area contributed by atoms with Gasteiger partial charge in [0.15, 0.2) is 0 Å². The molecule has 0 unspecified atom stereocenters. The first-order valence-corrected chi connectivity index (χ1v) is 9.14. The summed E-state index contributed by atoms with van der Waals surface area (Å²) in [4.78, 5) is 47.3. The maximum Gasteiger partial charge on any atom is 0.407 e. The third-order valence-corrected chi connectivity index (χ3v) is 3.48. The van der Waals surface area contributed by atoms with E-state index >= 15 is 0 Å². The molecule has 0 aliphatic heterocycles. The van der Waals surface area contributed by atoms with Crippen LogP contribution in [0.3, 0.4) is 0 Å². The normalized spacial score (nSPS) is 11.7. The molecule has 0 aromatic heterocycles. The highest BCUT2D eigenvalue weighted by Crippen LogP contribution is 2.10. The van der Waals surface area contributed by atoms with Crippen molar-refractivity contribution in [3.63, 3.8) is 0 Å². The molecule has 0 fully saturated rings. The molecule has 9 nitrogen and oxygen atoms in total. The van der Waals surface area contributed by atoms with Gasteiger partial charge in [-0.3, -0.25) is 9.59 Å². The van der Waals surface area contributed by atoms with Crippen LogP contribution in [0.1, 0.15) is 39.2 Å². The predicted molar refractivity (Wildman–Crippen MR) is 104 cm³/mol. The minimum atomic E-state index is -1.04. The van der Waals surface area contributed by atoms with Crippen molar-refractivity contribution in [2.75, 3.05) is 13.7 Å². The number of ether oxygens (including phenoxy) is 3. The van der Waals surface area contributed by atoms with E-state index in [9.17, 15) is 19.2 Å². The van der Waals surface area contributed by atoms with E-state index in [4.69, 9.17) is 9.47 Å². The Balaban J connectivity index is 2.42. The Hall–Kier alpha value is -3.10. The van der Waals surface area contributed by atoms with Gasteiger partial charge in [0.1, 0.15) is 24.8 Å². The summed E-state index contributed by atoms with van der Waals surface area (Å²) < 4.78 is 14.8. The fourth-order valence-corrected chi connectivity index (χ4v) is 2.22. The van der Waals surface area contributed by atoms with Crippen molar-refractivity contribution in [1.82, 2.24) is 10.6 Å². The van der Waals surface area contributed by atoms with Crippen molar-refractivity contribution in [3.8, 4) is 0 Å². The molecule has 0 aliphatic carbocycles. The van der Waals surface area contributed by atoms with Gasteiger partial charge in [-0.05, 0) is 32.8 Å². The van der Waals surface area contributed by atoms with Gasteiger partial charge in [-0.25, -0.2) is 9.59 Å². The smallest absolute Gasteiger partial charge is 0.407 e. The van der Waals surface area contributed by atoms with Gasteiger partial charge in [-0.15, -0.1) is 0 Å². The minimum Gasteiger partial charge on any atom is -0.467 e. The molecule has 2 N–H and O–H groups in total. The number of hydrogen-bond donors (Lipinski definition) is 2. The molecule has 0 aliphatic rings. The molecule has 2 amide bonds. The number of esters is 2. The average molecular weight is 408 g/mol. The average Bonchev–Trinajstić information content (AvgIpc) is 2.66. The van der Waals surface area contributed by atoms with Crippen molar-refractivity contribution < 1.29 is 33.4 Å². The number of carbonyl (C=O) groups excluding carboxylic acids is 4. The summed E-state index contributed by atoms with van der Waals surface area (Å²) in [6.45, 7) is 4.86. The Bertz CT molecular complexity index is 699. The molecular weight excluding hydrogens is 380 g/mol. The molecule has 0 radical (unpaired) electrons. The van der Waals surface area contributed by atoms with Crippen LogP contribution in [0.25, 0.3) is 0 Å². The largest absolute Gasteiger partial charge is 0.467 e. The van der Waals surface area contributed by atoms with Gasteiger partial charge in [0.25, 0.3) is 0 Å². The van der Waals surface area contributed by atoms with Crippen LogP contribution in [0.5, 0.6) is 0 Å². The Labute approximate surface area is 170 Å². The lowest BCUT2D eigenvalue weighted by atomic mass is 10.1. The second kappa shape index (κ2) is 11.7. The monoisotopic (exact) mass is 408 g/mol. The Kier molecular flexibility index (Phi) is 9.64. The van der Waals surface area contributed by atoms with Gasteiger partial charge in [0, 0.05) is 6.42 Å². The highest BCUT2D eigenvalue weighted by atomic mass is 16.6. The number of rotatable bonds is 9. The second-order valence-electron chi connectivity index (χ2n) is 7.18. The number of amides is 2. The van der Waals surface area contributed by atoms with Crippen molar-refractivity contribution in [1.29, 1.82) is 0 Å². The maximum atomic E-state index is 12.0. The van der Waals surface area contributed by atoms with Crippen LogP contribution < -0.4 is 10.6 Å². The molecule has 160 valence electrons. The topological polar surface area (TPSA) is 120 Å². The zero-order valence-corrected chi connectivity index (χ0v) is 17.2. The fraction of sp³-hybridized carbons (Fsp3) is 0.500. The first-order valence-electron chi connectivity index (χ1n) is 9.14. The first kappa shape index (κ1) is 23.9. The third kappa shape index (κ3) is 10.7. The number of carbonyl (C=O) groups is 4. The van der Waals surface area contributed by atoms with E-state index in [0.29, 0.717) is 0 Å². The molecule has 1 aromatic rings. The van der Waals surface area contributed by atoms with Gasteiger partial charge in [0.2, 0.25) is 5.91 Å². The van der Waals surface area contributed by atoms with Crippen molar-refractivity contribution in [2.45, 2.75) is 51.9 Å². The van der Waals surface area contributed by atoms with Crippen molar-refractivity contribution >= 4 is 23.9 Å². The number of hydrogen-bond acceptors (Lipinski definition) is 7. The molecular formula is C20H28N2O7. The number of alkyl carbamates (subject to hydrolysis) is 1. The van der Waals surface area contributed by atoms with Crippen LogP contribution in [-0.4, -0.2) is 49.2 Å². The van der Waals surface area contributed by atoms with Gasteiger partial charge in [-0.2, -0.15) is 0 Å². The highest BCUT2D eigenvalue weighted by Gasteiger charge is 2.24. The lowest BCUT2D eigenvalue weighted by Gasteiger charge is -2.21. The number of methoxy groups -OCH3 is 1. The van der Waals surface area contributed by atoms with E-state index in [-0.39, 0.29) is 19.4 Å². The van der Waals surface area contributed by atoms with E-state index in [0.717, 1.165) is 5.56 Å². The molecule has 0 bridgehead atoms. The van der Waals surface area contributed by atoms with Crippen molar-refractivity contribution in [2.24, 2.45) is 0 Å². The summed E-state index contributed by atoms with van der Waals surface area (Å²) in [6.07, 6.45) is -0.845. The maximum absolute atomic E-state index is 12.0. The lowest BCUT2D eigenvalue weighted by molar-refractivity contribution is -0.155. The molecule has 0 saturated heterocycles. The van der Waals surface area contributed by atoms with E-state index in [1.165, 1.54) is 7.11 Å². The van der Waals surface area contributed by atoms with E-state index in [1.807, 2.05) is 18.2 Å². The molecule has 1 rings (SSSR count). The van der Waals surface area contributed by atoms with Crippen molar-refractivity contribution in [3.05, 3.63) is 35.9 Å². The van der Waals surface area contributed by atoms with Gasteiger partial charge < -0.3 is 24.8 Å². The SMILES string of the molecule is COC(=O)[C@H](CCC(=O)OC(C)(C)C)NC(=O)CNC(=O)OCc1ccccc1. The van der Waals surface area contributed by atoms with Crippen LogP contribution in [0, 0.1) is 0 Å².